The van der Waals surface area contributed by atoms with E-state index >= 15 is 0 Å². The molecule has 2 aromatic carbocycles. The fourth-order valence-corrected chi connectivity index (χ4v) is 4.56. The van der Waals surface area contributed by atoms with E-state index in [2.05, 4.69) is 15.5 Å². The molecule has 1 aliphatic carbocycles. The van der Waals surface area contributed by atoms with Crippen LogP contribution >= 0.6 is 12.2 Å². The minimum Gasteiger partial charge on any atom is -0.358 e. The second-order valence-corrected chi connectivity index (χ2v) is 9.21. The van der Waals surface area contributed by atoms with Crippen LogP contribution in [0.2, 0.25) is 0 Å². The van der Waals surface area contributed by atoms with Gasteiger partial charge in [0.1, 0.15) is 5.82 Å². The van der Waals surface area contributed by atoms with E-state index in [-0.39, 0.29) is 34.9 Å². The number of rotatable bonds is 6. The molecule has 190 valence electrons. The first-order valence-corrected chi connectivity index (χ1v) is 11.6. The third kappa shape index (κ3) is 7.20. The third-order valence-electron chi connectivity index (χ3n) is 6.00. The maximum absolute atomic E-state index is 13.8. The molecule has 0 heterocycles. The van der Waals surface area contributed by atoms with Gasteiger partial charge in [0.25, 0.3) is 0 Å². The van der Waals surface area contributed by atoms with Crippen molar-refractivity contribution in [3.05, 3.63) is 70.5 Å². The Morgan fingerprint density at radius 2 is 1.74 bits per heavy atom. The molecule has 1 aliphatic rings. The Morgan fingerprint density at radius 1 is 1.06 bits per heavy atom. The maximum atomic E-state index is 13.8. The van der Waals surface area contributed by atoms with E-state index in [1.807, 2.05) is 14.1 Å². The first-order valence-electron chi connectivity index (χ1n) is 11.2. The number of likely N-dealkylation sites (N-methyl/N-ethyl adjacent to an activating group) is 1. The quantitative estimate of drug-likeness (QED) is 0.260. The van der Waals surface area contributed by atoms with E-state index in [0.29, 0.717) is 6.07 Å². The molecule has 1 saturated carbocycles. The van der Waals surface area contributed by atoms with Gasteiger partial charge in [-0.15, -0.1) is 0 Å². The smallest absolute Gasteiger partial charge is 0.358 e. The van der Waals surface area contributed by atoms with E-state index in [0.717, 1.165) is 50.0 Å². The van der Waals surface area contributed by atoms with Gasteiger partial charge in [0, 0.05) is 23.3 Å². The Kier molecular flexibility index (Phi) is 8.82. The monoisotopic (exact) mass is 515 g/mol. The highest BCUT2D eigenvalue weighted by molar-refractivity contribution is 7.80. The third-order valence-corrected chi connectivity index (χ3v) is 6.22. The second kappa shape index (κ2) is 11.4. The molecule has 0 bridgehead atoms. The molecule has 0 radical (unpaired) electrons. The summed E-state index contributed by atoms with van der Waals surface area (Å²) in [6.07, 6.45) is 1.66. The molecule has 0 aromatic heterocycles. The molecule has 3 rings (SSSR count). The van der Waals surface area contributed by atoms with Gasteiger partial charge in [-0.25, -0.2) is 13.2 Å². The van der Waals surface area contributed by atoms with Crippen molar-refractivity contribution in [1.29, 1.82) is 0 Å². The fraction of sp³-hybridized carbons (Fsp3) is 0.400. The number of hydrogen-bond donors (Lipinski definition) is 2. The van der Waals surface area contributed by atoms with Crippen LogP contribution in [-0.2, 0) is 12.6 Å². The Bertz CT molecular complexity index is 1080. The number of allylic oxidation sites excluding steroid dienone is 1. The summed E-state index contributed by atoms with van der Waals surface area (Å²) in [5, 5.41) is 6.28. The first kappa shape index (κ1) is 27.0. The SMILES string of the molecule is CN(C)[C@@H]1CCCC[C@H]1NC(=S)Nc1cc(C/C=C/c2c(F)ccc(F)c2F)cc(C(F)(F)F)c1. The summed E-state index contributed by atoms with van der Waals surface area (Å²) in [6.45, 7) is 0. The molecule has 35 heavy (non-hydrogen) atoms. The lowest BCUT2D eigenvalue weighted by Gasteiger charge is -2.37. The van der Waals surface area contributed by atoms with E-state index in [4.69, 9.17) is 12.2 Å². The summed E-state index contributed by atoms with van der Waals surface area (Å²) in [4.78, 5) is 2.11. The van der Waals surface area contributed by atoms with E-state index in [9.17, 15) is 26.3 Å². The summed E-state index contributed by atoms with van der Waals surface area (Å²) >= 11 is 5.37. The molecule has 0 saturated heterocycles. The lowest BCUT2D eigenvalue weighted by Crippen LogP contribution is -2.52. The lowest BCUT2D eigenvalue weighted by molar-refractivity contribution is -0.137. The normalized spacial score (nSPS) is 18.8. The number of nitrogens with zero attached hydrogens (tertiary/aromatic N) is 1. The van der Waals surface area contributed by atoms with Crippen LogP contribution in [0.4, 0.5) is 32.0 Å². The molecular formula is C25H27F6N3S. The number of benzene rings is 2. The number of alkyl halides is 3. The van der Waals surface area contributed by atoms with Crippen LogP contribution < -0.4 is 10.6 Å². The van der Waals surface area contributed by atoms with Gasteiger partial charge in [0.15, 0.2) is 16.7 Å². The molecule has 0 spiro atoms. The predicted molar refractivity (Wildman–Crippen MR) is 130 cm³/mol. The highest BCUT2D eigenvalue weighted by Crippen LogP contribution is 2.32. The minimum atomic E-state index is -4.61. The summed E-state index contributed by atoms with van der Waals surface area (Å²) in [6, 6.07) is 5.17. The van der Waals surface area contributed by atoms with Gasteiger partial charge < -0.3 is 15.5 Å². The van der Waals surface area contributed by atoms with E-state index < -0.39 is 34.8 Å². The van der Waals surface area contributed by atoms with Crippen LogP contribution in [0.1, 0.15) is 42.4 Å². The van der Waals surface area contributed by atoms with E-state index in [1.165, 1.54) is 12.1 Å². The molecule has 0 amide bonds. The minimum absolute atomic E-state index is 0.0699. The topological polar surface area (TPSA) is 27.3 Å². The van der Waals surface area contributed by atoms with Crippen molar-refractivity contribution < 1.29 is 26.3 Å². The highest BCUT2D eigenvalue weighted by atomic mass is 32.1. The Hall–Kier alpha value is -2.59. The zero-order valence-electron chi connectivity index (χ0n) is 19.4. The van der Waals surface area contributed by atoms with Crippen molar-refractivity contribution >= 4 is 29.1 Å². The largest absolute Gasteiger partial charge is 0.416 e. The van der Waals surface area contributed by atoms with Crippen LogP contribution in [0.25, 0.3) is 6.08 Å². The molecule has 2 aromatic rings. The second-order valence-electron chi connectivity index (χ2n) is 8.80. The zero-order valence-corrected chi connectivity index (χ0v) is 20.2. The highest BCUT2D eigenvalue weighted by Gasteiger charge is 2.31. The number of thiocarbonyl (C=S) groups is 1. The molecule has 1 fully saturated rings. The summed E-state index contributed by atoms with van der Waals surface area (Å²) in [5.74, 6) is -3.54. The van der Waals surface area contributed by atoms with Gasteiger partial charge in [0.05, 0.1) is 5.56 Å². The Morgan fingerprint density at radius 3 is 2.43 bits per heavy atom. The summed E-state index contributed by atoms with van der Waals surface area (Å²) < 4.78 is 81.5. The number of halogens is 6. The van der Waals surface area contributed by atoms with Gasteiger partial charge in [-0.2, -0.15) is 13.2 Å². The molecular weight excluding hydrogens is 488 g/mol. The Balaban J connectivity index is 1.78. The van der Waals surface area contributed by atoms with Crippen LogP contribution in [0.15, 0.2) is 36.4 Å². The number of hydrogen-bond acceptors (Lipinski definition) is 2. The van der Waals surface area contributed by atoms with Crippen molar-refractivity contribution in [2.45, 2.75) is 50.4 Å². The van der Waals surface area contributed by atoms with Crippen LogP contribution in [0.5, 0.6) is 0 Å². The average Bonchev–Trinajstić information content (AvgIpc) is 2.78. The molecule has 2 atom stereocenters. The van der Waals surface area contributed by atoms with Crippen molar-refractivity contribution in [1.82, 2.24) is 10.2 Å². The van der Waals surface area contributed by atoms with Gasteiger partial charge in [-0.3, -0.25) is 0 Å². The molecule has 0 unspecified atom stereocenters. The zero-order chi connectivity index (χ0) is 25.8. The van der Waals surface area contributed by atoms with Gasteiger partial charge in [-0.05, 0) is 81.5 Å². The summed E-state index contributed by atoms with van der Waals surface area (Å²) in [5.41, 5.74) is -1.10. The Labute approximate surface area is 206 Å². The van der Waals surface area contributed by atoms with Gasteiger partial charge in [-0.1, -0.05) is 25.0 Å². The fourth-order valence-electron chi connectivity index (χ4n) is 4.29. The first-order chi connectivity index (χ1) is 16.5. The standard InChI is InChI=1S/C25H27F6N3S/c1-34(2)22-9-4-3-8-21(22)33-24(35)32-17-13-15(12-16(14-17)25(29,30)31)6-5-7-18-19(26)10-11-20(27)23(18)28/h5,7,10-14,21-22H,3-4,6,8-9H2,1-2H3,(H2,32,33,35)/b7-5+/t21-,22-/m1/s1. The van der Waals surface area contributed by atoms with Crippen molar-refractivity contribution in [2.75, 3.05) is 19.4 Å². The van der Waals surface area contributed by atoms with Gasteiger partial charge in [0.2, 0.25) is 0 Å². The van der Waals surface area contributed by atoms with Crippen molar-refractivity contribution in [3.63, 3.8) is 0 Å². The molecule has 10 heteroatoms. The summed E-state index contributed by atoms with van der Waals surface area (Å²) in [7, 11) is 3.96. The molecule has 3 nitrogen and oxygen atoms in total. The van der Waals surface area contributed by atoms with E-state index in [1.54, 1.807) is 0 Å². The van der Waals surface area contributed by atoms with Crippen LogP contribution in [0.3, 0.4) is 0 Å². The maximum Gasteiger partial charge on any atom is 0.416 e. The lowest BCUT2D eigenvalue weighted by atomic mass is 9.90. The van der Waals surface area contributed by atoms with Gasteiger partial charge >= 0.3 is 6.18 Å². The van der Waals surface area contributed by atoms with Crippen molar-refractivity contribution in [3.8, 4) is 0 Å². The van der Waals surface area contributed by atoms with Crippen molar-refractivity contribution in [2.24, 2.45) is 0 Å². The molecule has 2 N–H and O–H groups in total. The molecule has 0 aliphatic heterocycles. The predicted octanol–water partition coefficient (Wildman–Crippen LogP) is 6.54. The van der Waals surface area contributed by atoms with Crippen LogP contribution in [-0.4, -0.2) is 36.2 Å². The average molecular weight is 516 g/mol. The number of nitrogens with one attached hydrogen (secondary N) is 2. The number of anilines is 1. The van der Waals surface area contributed by atoms with Crippen LogP contribution in [0, 0.1) is 17.5 Å².